The number of hydrogen-bond acceptors (Lipinski definition) is 1. The second kappa shape index (κ2) is 4.76. The smallest absolute Gasteiger partial charge is 0.131 e. The van der Waals surface area contributed by atoms with Crippen LogP contribution in [0.2, 0.25) is 0 Å². The van der Waals surface area contributed by atoms with Crippen molar-refractivity contribution in [3.8, 4) is 11.1 Å². The maximum Gasteiger partial charge on any atom is 0.131 e. The maximum absolute atomic E-state index is 13.6. The van der Waals surface area contributed by atoms with Gasteiger partial charge in [0.05, 0.1) is 0 Å². The molecule has 0 amide bonds. The molecular weight excluding hydrogens is 269 g/mol. The van der Waals surface area contributed by atoms with Crippen molar-refractivity contribution in [2.24, 2.45) is 5.73 Å². The minimum absolute atomic E-state index is 0.219. The molecule has 0 heterocycles. The monoisotopic (exact) mass is 279 g/mol. The molecule has 2 aromatic rings. The van der Waals surface area contributed by atoms with Crippen LogP contribution in [0.1, 0.15) is 5.56 Å². The lowest BCUT2D eigenvalue weighted by Crippen LogP contribution is -1.95. The first kappa shape index (κ1) is 11.3. The van der Waals surface area contributed by atoms with Crippen LogP contribution in [-0.4, -0.2) is 0 Å². The average Bonchev–Trinajstić information content (AvgIpc) is 2.32. The van der Waals surface area contributed by atoms with Crippen LogP contribution in [0, 0.1) is 5.82 Å². The second-order valence-electron chi connectivity index (χ2n) is 3.53. The van der Waals surface area contributed by atoms with Crippen molar-refractivity contribution in [2.45, 2.75) is 6.54 Å². The zero-order chi connectivity index (χ0) is 11.5. The van der Waals surface area contributed by atoms with Crippen LogP contribution >= 0.6 is 15.9 Å². The van der Waals surface area contributed by atoms with Crippen LogP contribution in [0.15, 0.2) is 46.9 Å². The average molecular weight is 280 g/mol. The topological polar surface area (TPSA) is 26.0 Å². The van der Waals surface area contributed by atoms with E-state index in [0.29, 0.717) is 12.1 Å². The van der Waals surface area contributed by atoms with Crippen LogP contribution < -0.4 is 5.73 Å². The standard InChI is InChI=1S/C13H11BrFN/c14-11-5-6-13(15)12(7-11)10-3-1-9(8-16)2-4-10/h1-7H,8,16H2. The predicted molar refractivity (Wildman–Crippen MR) is 67.4 cm³/mol. The van der Waals surface area contributed by atoms with Crippen LogP contribution in [0.3, 0.4) is 0 Å². The van der Waals surface area contributed by atoms with Gasteiger partial charge in [-0.2, -0.15) is 0 Å². The fourth-order valence-corrected chi connectivity index (χ4v) is 1.90. The molecule has 2 rings (SSSR count). The van der Waals surface area contributed by atoms with Crippen molar-refractivity contribution < 1.29 is 4.39 Å². The van der Waals surface area contributed by atoms with E-state index in [-0.39, 0.29) is 5.82 Å². The van der Waals surface area contributed by atoms with E-state index >= 15 is 0 Å². The Morgan fingerprint density at radius 1 is 1.06 bits per heavy atom. The van der Waals surface area contributed by atoms with Crippen LogP contribution in [0.25, 0.3) is 11.1 Å². The van der Waals surface area contributed by atoms with E-state index < -0.39 is 0 Å². The molecule has 2 aromatic carbocycles. The fraction of sp³-hybridized carbons (Fsp3) is 0.0769. The lowest BCUT2D eigenvalue weighted by atomic mass is 10.0. The summed E-state index contributed by atoms with van der Waals surface area (Å²) in [5, 5.41) is 0. The Labute approximate surface area is 102 Å². The van der Waals surface area contributed by atoms with Crippen molar-refractivity contribution in [1.29, 1.82) is 0 Å². The summed E-state index contributed by atoms with van der Waals surface area (Å²) in [4.78, 5) is 0. The van der Waals surface area contributed by atoms with Gasteiger partial charge in [-0.25, -0.2) is 4.39 Å². The molecule has 3 heteroatoms. The highest BCUT2D eigenvalue weighted by molar-refractivity contribution is 9.10. The SMILES string of the molecule is NCc1ccc(-c2cc(Br)ccc2F)cc1. The summed E-state index contributed by atoms with van der Waals surface area (Å²) in [5.74, 6) is -0.219. The molecule has 1 nitrogen and oxygen atoms in total. The van der Waals surface area contributed by atoms with Crippen molar-refractivity contribution in [1.82, 2.24) is 0 Å². The molecule has 16 heavy (non-hydrogen) atoms. The lowest BCUT2D eigenvalue weighted by Gasteiger charge is -2.05. The van der Waals surface area contributed by atoms with Crippen molar-refractivity contribution in [3.63, 3.8) is 0 Å². The molecule has 0 atom stereocenters. The zero-order valence-electron chi connectivity index (χ0n) is 8.58. The third-order valence-electron chi connectivity index (χ3n) is 2.43. The van der Waals surface area contributed by atoms with Gasteiger partial charge in [0.15, 0.2) is 0 Å². The van der Waals surface area contributed by atoms with Gasteiger partial charge in [0, 0.05) is 16.6 Å². The number of rotatable bonds is 2. The second-order valence-corrected chi connectivity index (χ2v) is 4.44. The third kappa shape index (κ3) is 2.31. The number of benzene rings is 2. The molecule has 0 aliphatic rings. The first-order valence-electron chi connectivity index (χ1n) is 4.95. The van der Waals surface area contributed by atoms with Gasteiger partial charge in [-0.05, 0) is 29.3 Å². The van der Waals surface area contributed by atoms with Gasteiger partial charge in [-0.3, -0.25) is 0 Å². The quantitative estimate of drug-likeness (QED) is 0.891. The van der Waals surface area contributed by atoms with Gasteiger partial charge in [0.1, 0.15) is 5.82 Å². The summed E-state index contributed by atoms with van der Waals surface area (Å²) in [6.07, 6.45) is 0. The summed E-state index contributed by atoms with van der Waals surface area (Å²) in [7, 11) is 0. The van der Waals surface area contributed by atoms with Gasteiger partial charge >= 0.3 is 0 Å². The molecule has 82 valence electrons. The van der Waals surface area contributed by atoms with E-state index in [1.165, 1.54) is 6.07 Å². The molecular formula is C13H11BrFN. The van der Waals surface area contributed by atoms with Crippen LogP contribution in [0.5, 0.6) is 0 Å². The zero-order valence-corrected chi connectivity index (χ0v) is 10.2. The van der Waals surface area contributed by atoms with E-state index in [1.807, 2.05) is 24.3 Å². The minimum atomic E-state index is -0.219. The van der Waals surface area contributed by atoms with Gasteiger partial charge in [-0.1, -0.05) is 40.2 Å². The van der Waals surface area contributed by atoms with E-state index in [1.54, 1.807) is 12.1 Å². The minimum Gasteiger partial charge on any atom is -0.326 e. The van der Waals surface area contributed by atoms with Crippen molar-refractivity contribution in [2.75, 3.05) is 0 Å². The highest BCUT2D eigenvalue weighted by Crippen LogP contribution is 2.26. The Morgan fingerprint density at radius 2 is 1.75 bits per heavy atom. The molecule has 0 spiro atoms. The molecule has 2 N–H and O–H groups in total. The van der Waals surface area contributed by atoms with Crippen molar-refractivity contribution in [3.05, 3.63) is 58.3 Å². The Hall–Kier alpha value is -1.19. The summed E-state index contributed by atoms with van der Waals surface area (Å²) in [6.45, 7) is 0.501. The predicted octanol–water partition coefficient (Wildman–Crippen LogP) is 3.71. The number of hydrogen-bond donors (Lipinski definition) is 1. The Bertz CT molecular complexity index is 494. The first-order valence-corrected chi connectivity index (χ1v) is 5.74. The highest BCUT2D eigenvalue weighted by atomic mass is 79.9. The van der Waals surface area contributed by atoms with E-state index in [2.05, 4.69) is 15.9 Å². The van der Waals surface area contributed by atoms with Crippen LogP contribution in [-0.2, 0) is 6.54 Å². The highest BCUT2D eigenvalue weighted by Gasteiger charge is 2.05. The lowest BCUT2D eigenvalue weighted by molar-refractivity contribution is 0.631. The fourth-order valence-electron chi connectivity index (χ4n) is 1.54. The van der Waals surface area contributed by atoms with Gasteiger partial charge in [0.25, 0.3) is 0 Å². The molecule has 0 aromatic heterocycles. The Morgan fingerprint density at radius 3 is 2.38 bits per heavy atom. The largest absolute Gasteiger partial charge is 0.326 e. The van der Waals surface area contributed by atoms with E-state index in [4.69, 9.17) is 5.73 Å². The van der Waals surface area contributed by atoms with Gasteiger partial charge in [-0.15, -0.1) is 0 Å². The molecule has 0 bridgehead atoms. The Kier molecular flexibility index (Phi) is 3.36. The number of halogens is 2. The van der Waals surface area contributed by atoms with Crippen LogP contribution in [0.4, 0.5) is 4.39 Å². The van der Waals surface area contributed by atoms with E-state index in [9.17, 15) is 4.39 Å². The summed E-state index contributed by atoms with van der Waals surface area (Å²) >= 11 is 3.34. The summed E-state index contributed by atoms with van der Waals surface area (Å²) in [5.41, 5.74) is 8.00. The Balaban J connectivity index is 2.45. The third-order valence-corrected chi connectivity index (χ3v) is 2.92. The van der Waals surface area contributed by atoms with Crippen molar-refractivity contribution >= 4 is 15.9 Å². The van der Waals surface area contributed by atoms with Gasteiger partial charge < -0.3 is 5.73 Å². The number of nitrogens with two attached hydrogens (primary N) is 1. The van der Waals surface area contributed by atoms with Gasteiger partial charge in [0.2, 0.25) is 0 Å². The molecule has 0 unspecified atom stereocenters. The van der Waals surface area contributed by atoms with E-state index in [0.717, 1.165) is 15.6 Å². The first-order chi connectivity index (χ1) is 7.70. The molecule has 0 fully saturated rings. The molecule has 0 radical (unpaired) electrons. The summed E-state index contributed by atoms with van der Waals surface area (Å²) in [6, 6.07) is 12.5. The summed E-state index contributed by atoms with van der Waals surface area (Å²) < 4.78 is 14.5. The normalized spacial score (nSPS) is 10.4. The molecule has 0 saturated heterocycles. The maximum atomic E-state index is 13.6. The molecule has 0 saturated carbocycles. The molecule has 0 aliphatic carbocycles. The molecule has 0 aliphatic heterocycles.